The summed E-state index contributed by atoms with van der Waals surface area (Å²) >= 11 is 0. The van der Waals surface area contributed by atoms with E-state index in [0.717, 1.165) is 12.8 Å². The molecule has 0 heterocycles. The van der Waals surface area contributed by atoms with Crippen LogP contribution < -0.4 is 37.6 Å². The molecule has 0 bridgehead atoms. The van der Waals surface area contributed by atoms with E-state index in [1.807, 2.05) is 19.9 Å². The number of likely N-dealkylation sites (N-methyl/N-ethyl adjacent to an activating group) is 2. The van der Waals surface area contributed by atoms with Crippen molar-refractivity contribution < 1.29 is 39.0 Å². The summed E-state index contributed by atoms with van der Waals surface area (Å²) < 4.78 is 0. The number of aliphatic hydroxyl groups is 2. The zero-order valence-electron chi connectivity index (χ0n) is 29.8. The van der Waals surface area contributed by atoms with Crippen LogP contribution >= 0.6 is 12.4 Å². The molecule has 16 heteroatoms. The first kappa shape index (κ1) is 46.4. The lowest BCUT2D eigenvalue weighted by Crippen LogP contribution is -2.49. The van der Waals surface area contributed by atoms with Gasteiger partial charge in [0.15, 0.2) is 0 Å². The molecule has 2 aromatic carbocycles. The number of nitrogens with one attached hydrogen (secondary N) is 6. The van der Waals surface area contributed by atoms with Gasteiger partial charge in [0, 0.05) is 20.1 Å². The Hall–Kier alpha value is -4.57. The summed E-state index contributed by atoms with van der Waals surface area (Å²) in [5.41, 5.74) is 6.94. The lowest BCUT2D eigenvalue weighted by molar-refractivity contribution is -0.134. The lowest BCUT2D eigenvalue weighted by atomic mass is 9.99. The molecule has 6 atom stereocenters. The lowest BCUT2D eigenvalue weighted by Gasteiger charge is -2.19. The Balaban J connectivity index is 0.000000962. The molecule has 0 fully saturated rings. The minimum Gasteiger partial charge on any atom is -0.383 e. The maximum atomic E-state index is 12.1. The number of carbonyl (C=O) groups excluding carboxylic acids is 6. The third kappa shape index (κ3) is 16.8. The van der Waals surface area contributed by atoms with E-state index < -0.39 is 54.0 Å². The molecule has 15 nitrogen and oxygen atoms in total. The van der Waals surface area contributed by atoms with E-state index in [1.165, 1.54) is 14.1 Å². The number of hydrogen-bond donors (Lipinski definition) is 9. The van der Waals surface area contributed by atoms with Crippen LogP contribution in [0.3, 0.4) is 0 Å². The molecular weight excluding hydrogens is 682 g/mol. The maximum absolute atomic E-state index is 12.1. The molecule has 0 radical (unpaired) electrons. The van der Waals surface area contributed by atoms with Gasteiger partial charge in [0.1, 0.15) is 24.3 Å². The first-order chi connectivity index (χ1) is 23.8. The van der Waals surface area contributed by atoms with Crippen LogP contribution in [-0.2, 0) is 28.8 Å². The molecule has 284 valence electrons. The molecule has 0 saturated carbocycles. The number of nitrogens with two attached hydrogens (primary N) is 1. The average Bonchev–Trinajstić information content (AvgIpc) is 3.13. The van der Waals surface area contributed by atoms with E-state index in [-0.39, 0.29) is 43.2 Å². The van der Waals surface area contributed by atoms with Gasteiger partial charge in [0.25, 0.3) is 5.91 Å². The van der Waals surface area contributed by atoms with Gasteiger partial charge < -0.3 is 47.8 Å². The SMILES string of the molecule is CCCC(C)C(O)C(=O)NCC(=O)N[C@H](C(=O)NC)c1ccccc1.CCCC(N)C(O)C(=O)NCC(=O)N[C@H](C(=O)NC)c1ccccc1.Cl. The number of halogens is 1. The molecule has 4 unspecified atom stereocenters. The number of hydrogen-bond acceptors (Lipinski definition) is 9. The van der Waals surface area contributed by atoms with Gasteiger partial charge in [-0.25, -0.2) is 0 Å². The van der Waals surface area contributed by atoms with Crippen LogP contribution in [0.15, 0.2) is 60.7 Å². The smallest absolute Gasteiger partial charge is 0.250 e. The first-order valence-electron chi connectivity index (χ1n) is 16.6. The summed E-state index contributed by atoms with van der Waals surface area (Å²) in [6.45, 7) is 4.96. The minimum atomic E-state index is -1.38. The highest BCUT2D eigenvalue weighted by atomic mass is 35.5. The third-order valence-electron chi connectivity index (χ3n) is 7.59. The number of aliphatic hydroxyl groups excluding tert-OH is 2. The van der Waals surface area contributed by atoms with Crippen LogP contribution in [-0.4, -0.2) is 91.1 Å². The molecule has 0 aliphatic heterocycles. The fraction of sp³-hybridized carbons (Fsp3) is 0.486. The molecule has 0 saturated heterocycles. The number of carbonyl (C=O) groups is 6. The van der Waals surface area contributed by atoms with E-state index >= 15 is 0 Å². The Bertz CT molecular complexity index is 1270. The van der Waals surface area contributed by atoms with Crippen molar-refractivity contribution in [2.45, 2.75) is 76.8 Å². The predicted octanol–water partition coefficient (Wildman–Crippen LogP) is 0.119. The molecule has 2 aromatic rings. The highest BCUT2D eigenvalue weighted by Crippen LogP contribution is 2.14. The average molecular weight is 736 g/mol. The summed E-state index contributed by atoms with van der Waals surface area (Å²) in [4.78, 5) is 71.8. The predicted molar refractivity (Wildman–Crippen MR) is 195 cm³/mol. The summed E-state index contributed by atoms with van der Waals surface area (Å²) in [5, 5.41) is 34.5. The Morgan fingerprint density at radius 2 is 1.00 bits per heavy atom. The minimum absolute atomic E-state index is 0. The maximum Gasteiger partial charge on any atom is 0.250 e. The van der Waals surface area contributed by atoms with Gasteiger partial charge in [0.2, 0.25) is 29.5 Å². The van der Waals surface area contributed by atoms with Gasteiger partial charge in [-0.2, -0.15) is 0 Å². The van der Waals surface area contributed by atoms with Gasteiger partial charge >= 0.3 is 0 Å². The van der Waals surface area contributed by atoms with Crippen molar-refractivity contribution in [3.05, 3.63) is 71.8 Å². The van der Waals surface area contributed by atoms with Crippen molar-refractivity contribution in [3.63, 3.8) is 0 Å². The Morgan fingerprint density at radius 3 is 1.35 bits per heavy atom. The topological polar surface area (TPSA) is 241 Å². The second-order valence-corrected chi connectivity index (χ2v) is 11.6. The molecular formula is C35H54ClN7O8. The molecule has 0 aromatic heterocycles. The Labute approximate surface area is 305 Å². The van der Waals surface area contributed by atoms with E-state index in [9.17, 15) is 39.0 Å². The molecule has 6 amide bonds. The van der Waals surface area contributed by atoms with Crippen molar-refractivity contribution in [1.29, 1.82) is 0 Å². The fourth-order valence-corrected chi connectivity index (χ4v) is 4.71. The standard InChI is InChI=1S/C18H27N3O4.C17H26N4O4.ClH/c1-4-8-12(2)16(23)18(25)20-11-14(22)21-15(17(24)19-3)13-9-6-5-7-10-13;1-3-7-12(18)15(23)17(25)20-10-13(22)21-14(16(24)19-2)11-8-5-4-6-9-11;/h5-7,9-10,12,15-16,23H,4,8,11H2,1-3H3,(H,19,24)(H,20,25)(H,21,22);4-6,8-9,12,14-15,23H,3,7,10,18H2,1-2H3,(H,19,24)(H,20,25)(H,21,22);1H/t12?,15-,16?;12?,14-,15?;/m00./s1. The molecule has 0 spiro atoms. The zero-order chi connectivity index (χ0) is 37.6. The first-order valence-corrected chi connectivity index (χ1v) is 16.6. The van der Waals surface area contributed by atoms with Crippen LogP contribution in [0.25, 0.3) is 0 Å². The van der Waals surface area contributed by atoms with Crippen molar-refractivity contribution in [3.8, 4) is 0 Å². The monoisotopic (exact) mass is 735 g/mol. The van der Waals surface area contributed by atoms with E-state index in [0.29, 0.717) is 24.0 Å². The highest BCUT2D eigenvalue weighted by Gasteiger charge is 2.26. The summed E-state index contributed by atoms with van der Waals surface area (Å²) in [5.74, 6) is -3.29. The van der Waals surface area contributed by atoms with Gasteiger partial charge in [-0.3, -0.25) is 28.8 Å². The largest absolute Gasteiger partial charge is 0.383 e. The van der Waals surface area contributed by atoms with E-state index in [2.05, 4.69) is 31.9 Å². The molecule has 51 heavy (non-hydrogen) atoms. The van der Waals surface area contributed by atoms with Crippen LogP contribution in [0.5, 0.6) is 0 Å². The van der Waals surface area contributed by atoms with Crippen molar-refractivity contribution in [2.24, 2.45) is 11.7 Å². The van der Waals surface area contributed by atoms with Gasteiger partial charge in [0.05, 0.1) is 13.1 Å². The molecule has 0 aliphatic rings. The second-order valence-electron chi connectivity index (χ2n) is 11.6. The fourth-order valence-electron chi connectivity index (χ4n) is 4.71. The quantitative estimate of drug-likeness (QED) is 0.101. The normalized spacial score (nSPS) is 13.8. The molecule has 0 aliphatic carbocycles. The number of rotatable bonds is 18. The van der Waals surface area contributed by atoms with Gasteiger partial charge in [-0.15, -0.1) is 12.4 Å². The Morgan fingerprint density at radius 1 is 0.627 bits per heavy atom. The van der Waals surface area contributed by atoms with Crippen molar-refractivity contribution in [1.82, 2.24) is 31.9 Å². The van der Waals surface area contributed by atoms with Gasteiger partial charge in [-0.05, 0) is 29.9 Å². The van der Waals surface area contributed by atoms with Crippen LogP contribution in [0, 0.1) is 5.92 Å². The van der Waals surface area contributed by atoms with E-state index in [4.69, 9.17) is 5.73 Å². The zero-order valence-corrected chi connectivity index (χ0v) is 30.6. The second kappa shape index (κ2) is 25.4. The van der Waals surface area contributed by atoms with Crippen molar-refractivity contribution >= 4 is 47.9 Å². The Kier molecular flexibility index (Phi) is 23.1. The number of benzene rings is 2. The third-order valence-corrected chi connectivity index (χ3v) is 7.59. The highest BCUT2D eigenvalue weighted by molar-refractivity contribution is 5.92. The molecule has 10 N–H and O–H groups in total. The summed E-state index contributed by atoms with van der Waals surface area (Å²) in [6.07, 6.45) is 0.266. The van der Waals surface area contributed by atoms with Crippen LogP contribution in [0.2, 0.25) is 0 Å². The summed E-state index contributed by atoms with van der Waals surface area (Å²) in [7, 11) is 2.95. The summed E-state index contributed by atoms with van der Waals surface area (Å²) in [6, 6.07) is 15.1. The van der Waals surface area contributed by atoms with Crippen molar-refractivity contribution in [2.75, 3.05) is 27.2 Å². The van der Waals surface area contributed by atoms with E-state index in [1.54, 1.807) is 61.5 Å². The van der Waals surface area contributed by atoms with Crippen LogP contribution in [0.4, 0.5) is 0 Å². The number of amides is 6. The molecule has 2 rings (SSSR count). The van der Waals surface area contributed by atoms with Gasteiger partial charge in [-0.1, -0.05) is 94.3 Å². The van der Waals surface area contributed by atoms with Crippen LogP contribution in [0.1, 0.15) is 69.7 Å².